The molecule has 3 N–H and O–H groups in total. The van der Waals surface area contributed by atoms with Crippen LogP contribution >= 0.6 is 23.4 Å². The molecule has 0 unspecified atom stereocenters. The zero-order valence-corrected chi connectivity index (χ0v) is 14.1. The maximum absolute atomic E-state index is 12.8. The first-order valence-corrected chi connectivity index (χ1v) is 8.22. The van der Waals surface area contributed by atoms with Crippen LogP contribution in [-0.4, -0.2) is 17.6 Å². The number of carbonyl (C=O) groups excluding carboxylic acids is 2. The summed E-state index contributed by atoms with van der Waals surface area (Å²) in [5.41, 5.74) is 4.91. The number of anilines is 1. The van der Waals surface area contributed by atoms with Gasteiger partial charge < -0.3 is 11.1 Å². The summed E-state index contributed by atoms with van der Waals surface area (Å²) in [4.78, 5) is 23.1. The van der Waals surface area contributed by atoms with Crippen molar-refractivity contribution in [2.24, 2.45) is 5.73 Å². The van der Waals surface area contributed by atoms with E-state index in [-0.39, 0.29) is 10.6 Å². The summed E-state index contributed by atoms with van der Waals surface area (Å²) in [6.45, 7) is 0. The van der Waals surface area contributed by atoms with Crippen LogP contribution in [-0.2, 0) is 11.0 Å². The van der Waals surface area contributed by atoms with E-state index in [9.17, 15) is 22.8 Å². The summed E-state index contributed by atoms with van der Waals surface area (Å²) < 4.78 is 38.4. The Morgan fingerprint density at radius 3 is 2.32 bits per heavy atom. The number of primary amides is 1. The fourth-order valence-corrected chi connectivity index (χ4v) is 2.84. The molecule has 0 bridgehead atoms. The van der Waals surface area contributed by atoms with E-state index in [4.69, 9.17) is 17.3 Å². The van der Waals surface area contributed by atoms with Gasteiger partial charge in [-0.05, 0) is 42.5 Å². The van der Waals surface area contributed by atoms with Crippen LogP contribution in [0.3, 0.4) is 0 Å². The predicted molar refractivity (Wildman–Crippen MR) is 90.8 cm³/mol. The molecule has 0 saturated carbocycles. The van der Waals surface area contributed by atoms with Gasteiger partial charge in [0, 0.05) is 16.1 Å². The molecular formula is C16H12ClF3N2O2S. The largest absolute Gasteiger partial charge is 0.417 e. The number of hydrogen-bond acceptors (Lipinski definition) is 3. The van der Waals surface area contributed by atoms with Gasteiger partial charge in [0.05, 0.1) is 16.3 Å². The van der Waals surface area contributed by atoms with E-state index in [1.165, 1.54) is 30.3 Å². The van der Waals surface area contributed by atoms with Gasteiger partial charge >= 0.3 is 6.18 Å². The molecule has 0 atom stereocenters. The highest BCUT2D eigenvalue weighted by atomic mass is 35.5. The minimum Gasteiger partial charge on any atom is -0.366 e. The number of nitrogens with two attached hydrogens (primary N) is 1. The molecule has 0 aliphatic rings. The fourth-order valence-electron chi connectivity index (χ4n) is 1.88. The molecule has 0 saturated heterocycles. The molecule has 2 amide bonds. The fraction of sp³-hybridized carbons (Fsp3) is 0.125. The number of carbonyl (C=O) groups is 2. The second kappa shape index (κ2) is 7.79. The quantitative estimate of drug-likeness (QED) is 0.754. The van der Waals surface area contributed by atoms with Gasteiger partial charge in [-0.25, -0.2) is 0 Å². The Morgan fingerprint density at radius 1 is 1.12 bits per heavy atom. The molecule has 0 aliphatic heterocycles. The Morgan fingerprint density at radius 2 is 1.76 bits per heavy atom. The van der Waals surface area contributed by atoms with Gasteiger partial charge in [-0.1, -0.05) is 11.6 Å². The first kappa shape index (κ1) is 19.1. The zero-order chi connectivity index (χ0) is 18.6. The molecule has 0 radical (unpaired) electrons. The first-order valence-electron chi connectivity index (χ1n) is 6.86. The van der Waals surface area contributed by atoms with Gasteiger partial charge in [0.25, 0.3) is 0 Å². The topological polar surface area (TPSA) is 72.2 Å². The summed E-state index contributed by atoms with van der Waals surface area (Å²) in [5, 5.41) is 2.18. The third-order valence-electron chi connectivity index (χ3n) is 3.07. The van der Waals surface area contributed by atoms with Crippen LogP contribution in [0.1, 0.15) is 15.9 Å². The van der Waals surface area contributed by atoms with Crippen LogP contribution in [0.25, 0.3) is 0 Å². The lowest BCUT2D eigenvalue weighted by Crippen LogP contribution is -2.15. The van der Waals surface area contributed by atoms with Crippen molar-refractivity contribution in [2.75, 3.05) is 11.1 Å². The standard InChI is InChI=1S/C16H12ClF3N2O2S/c17-13-6-5-11(7-12(13)16(18,19)20)25-8-14(23)22-10-3-1-9(2-4-10)15(21)24/h1-7H,8H2,(H2,21,24)(H,22,23). The van der Waals surface area contributed by atoms with E-state index < -0.39 is 28.6 Å². The number of nitrogens with one attached hydrogen (secondary N) is 1. The molecule has 0 heterocycles. The van der Waals surface area contributed by atoms with Crippen molar-refractivity contribution in [3.63, 3.8) is 0 Å². The highest BCUT2D eigenvalue weighted by Gasteiger charge is 2.33. The molecule has 0 aliphatic carbocycles. The SMILES string of the molecule is NC(=O)c1ccc(NC(=O)CSc2ccc(Cl)c(C(F)(F)F)c2)cc1. The van der Waals surface area contributed by atoms with Gasteiger partial charge in [-0.15, -0.1) is 11.8 Å². The number of hydrogen-bond donors (Lipinski definition) is 2. The van der Waals surface area contributed by atoms with Crippen LogP contribution in [0.2, 0.25) is 5.02 Å². The highest BCUT2D eigenvalue weighted by molar-refractivity contribution is 8.00. The molecule has 9 heteroatoms. The van der Waals surface area contributed by atoms with Crippen molar-refractivity contribution < 1.29 is 22.8 Å². The monoisotopic (exact) mass is 388 g/mol. The Kier molecular flexibility index (Phi) is 5.97. The molecule has 132 valence electrons. The second-order valence-corrected chi connectivity index (χ2v) is 6.37. The van der Waals surface area contributed by atoms with Gasteiger partial charge in [-0.2, -0.15) is 13.2 Å². The summed E-state index contributed by atoms with van der Waals surface area (Å²) in [7, 11) is 0. The smallest absolute Gasteiger partial charge is 0.366 e. The van der Waals surface area contributed by atoms with Crippen molar-refractivity contribution in [1.82, 2.24) is 0 Å². The average Bonchev–Trinajstić information content (AvgIpc) is 2.53. The molecule has 4 nitrogen and oxygen atoms in total. The van der Waals surface area contributed by atoms with Crippen molar-refractivity contribution >= 4 is 40.9 Å². The van der Waals surface area contributed by atoms with E-state index in [0.717, 1.165) is 23.9 Å². The van der Waals surface area contributed by atoms with Gasteiger partial charge in [0.1, 0.15) is 0 Å². The lowest BCUT2D eigenvalue weighted by Gasteiger charge is -2.11. The average molecular weight is 389 g/mol. The maximum atomic E-state index is 12.8. The zero-order valence-electron chi connectivity index (χ0n) is 12.6. The summed E-state index contributed by atoms with van der Waals surface area (Å²) in [6.07, 6.45) is -4.56. The van der Waals surface area contributed by atoms with Gasteiger partial charge in [0.2, 0.25) is 11.8 Å². The molecule has 2 aromatic carbocycles. The van der Waals surface area contributed by atoms with Crippen molar-refractivity contribution in [3.8, 4) is 0 Å². The Labute approximate surface area is 150 Å². The van der Waals surface area contributed by atoms with Crippen LogP contribution in [0.15, 0.2) is 47.4 Å². The van der Waals surface area contributed by atoms with Crippen LogP contribution in [0.5, 0.6) is 0 Å². The van der Waals surface area contributed by atoms with E-state index in [1.807, 2.05) is 0 Å². The number of rotatable bonds is 5. The molecule has 2 rings (SSSR count). The highest BCUT2D eigenvalue weighted by Crippen LogP contribution is 2.36. The normalized spacial score (nSPS) is 11.2. The number of alkyl halides is 3. The van der Waals surface area contributed by atoms with Crippen molar-refractivity contribution in [1.29, 1.82) is 0 Å². The first-order chi connectivity index (χ1) is 11.7. The van der Waals surface area contributed by atoms with Gasteiger partial charge in [0.15, 0.2) is 0 Å². The predicted octanol–water partition coefficient (Wildman–Crippen LogP) is 4.19. The summed E-state index contributed by atoms with van der Waals surface area (Å²) >= 11 is 6.49. The Balaban J connectivity index is 1.97. The van der Waals surface area contributed by atoms with Crippen LogP contribution < -0.4 is 11.1 Å². The Bertz CT molecular complexity index is 795. The third-order valence-corrected chi connectivity index (χ3v) is 4.39. The van der Waals surface area contributed by atoms with Crippen molar-refractivity contribution in [3.05, 3.63) is 58.6 Å². The maximum Gasteiger partial charge on any atom is 0.417 e. The molecule has 0 aromatic heterocycles. The van der Waals surface area contributed by atoms with E-state index in [0.29, 0.717) is 11.3 Å². The molecule has 0 fully saturated rings. The molecular weight excluding hydrogens is 377 g/mol. The number of benzene rings is 2. The number of thioether (sulfide) groups is 1. The molecule has 25 heavy (non-hydrogen) atoms. The van der Waals surface area contributed by atoms with Crippen LogP contribution in [0, 0.1) is 0 Å². The van der Waals surface area contributed by atoms with Gasteiger partial charge in [-0.3, -0.25) is 9.59 Å². The third kappa shape index (κ3) is 5.40. The molecule has 2 aromatic rings. The minimum absolute atomic E-state index is 0.0868. The lowest BCUT2D eigenvalue weighted by molar-refractivity contribution is -0.137. The van der Waals surface area contributed by atoms with Crippen LogP contribution in [0.4, 0.5) is 18.9 Å². The summed E-state index contributed by atoms with van der Waals surface area (Å²) in [6, 6.07) is 9.39. The summed E-state index contributed by atoms with van der Waals surface area (Å²) in [5.74, 6) is -1.08. The van der Waals surface area contributed by atoms with Crippen molar-refractivity contribution in [2.45, 2.75) is 11.1 Å². The number of amides is 2. The van der Waals surface area contributed by atoms with E-state index in [1.54, 1.807) is 0 Å². The lowest BCUT2D eigenvalue weighted by atomic mass is 10.2. The second-order valence-electron chi connectivity index (χ2n) is 4.92. The van der Waals surface area contributed by atoms with E-state index in [2.05, 4.69) is 5.32 Å². The molecule has 0 spiro atoms. The minimum atomic E-state index is -4.56. The Hall–Kier alpha value is -2.19. The van der Waals surface area contributed by atoms with E-state index >= 15 is 0 Å². The number of halogens is 4.